The van der Waals surface area contributed by atoms with Crippen LogP contribution in [-0.4, -0.2) is 52.4 Å². The molecule has 0 bridgehead atoms. The van der Waals surface area contributed by atoms with Crippen LogP contribution in [0.15, 0.2) is 0 Å². The Labute approximate surface area is 110 Å². The van der Waals surface area contributed by atoms with Gasteiger partial charge in [0.1, 0.15) is 0 Å². The van der Waals surface area contributed by atoms with E-state index in [0.29, 0.717) is 29.1 Å². The summed E-state index contributed by atoms with van der Waals surface area (Å²) in [5.41, 5.74) is 0. The maximum absolute atomic E-state index is 12.2. The molecule has 1 aromatic heterocycles. The lowest BCUT2D eigenvalue weighted by Gasteiger charge is -2.30. The van der Waals surface area contributed by atoms with Gasteiger partial charge < -0.3 is 15.3 Å². The van der Waals surface area contributed by atoms with E-state index in [2.05, 4.69) is 15.5 Å². The van der Waals surface area contributed by atoms with Crippen LogP contribution in [0.4, 0.5) is 5.13 Å². The standard InChI is InChI=1S/C11H18N4O2S/c1-2-12-11-14-13-9(18-11)10(17)15-5-3-8(7-16)4-6-15/h8,16H,2-7H2,1H3,(H,12,14). The topological polar surface area (TPSA) is 78.4 Å². The van der Waals surface area contributed by atoms with Gasteiger partial charge in [0.05, 0.1) is 0 Å². The molecule has 2 N–H and O–H groups in total. The molecule has 7 heteroatoms. The van der Waals surface area contributed by atoms with Gasteiger partial charge in [-0.2, -0.15) is 0 Å². The average Bonchev–Trinajstić information content (AvgIpc) is 2.87. The summed E-state index contributed by atoms with van der Waals surface area (Å²) in [6.45, 7) is 4.35. The van der Waals surface area contributed by atoms with Crippen LogP contribution in [0.5, 0.6) is 0 Å². The Kier molecular flexibility index (Phi) is 4.48. The summed E-state index contributed by atoms with van der Waals surface area (Å²) in [4.78, 5) is 13.9. The number of nitrogens with one attached hydrogen (secondary N) is 1. The van der Waals surface area contributed by atoms with Crippen molar-refractivity contribution in [1.82, 2.24) is 15.1 Å². The smallest absolute Gasteiger partial charge is 0.284 e. The van der Waals surface area contributed by atoms with Gasteiger partial charge in [-0.25, -0.2) is 0 Å². The van der Waals surface area contributed by atoms with Crippen molar-refractivity contribution in [3.63, 3.8) is 0 Å². The monoisotopic (exact) mass is 270 g/mol. The number of carbonyl (C=O) groups excluding carboxylic acids is 1. The summed E-state index contributed by atoms with van der Waals surface area (Å²) in [6, 6.07) is 0. The molecule has 1 amide bonds. The van der Waals surface area contributed by atoms with Crippen molar-refractivity contribution in [2.75, 3.05) is 31.6 Å². The molecule has 0 saturated carbocycles. The number of carbonyl (C=O) groups is 1. The minimum atomic E-state index is -0.0481. The first-order valence-corrected chi connectivity index (χ1v) is 7.03. The third-order valence-corrected chi connectivity index (χ3v) is 3.96. The van der Waals surface area contributed by atoms with Crippen molar-refractivity contribution in [3.05, 3.63) is 5.01 Å². The van der Waals surface area contributed by atoms with Gasteiger partial charge >= 0.3 is 0 Å². The van der Waals surface area contributed by atoms with Crippen LogP contribution in [-0.2, 0) is 0 Å². The van der Waals surface area contributed by atoms with Crippen LogP contribution in [0.2, 0.25) is 0 Å². The number of piperidine rings is 1. The lowest BCUT2D eigenvalue weighted by atomic mass is 9.98. The fourth-order valence-corrected chi connectivity index (χ4v) is 2.77. The summed E-state index contributed by atoms with van der Waals surface area (Å²) in [7, 11) is 0. The van der Waals surface area contributed by atoms with Crippen molar-refractivity contribution < 1.29 is 9.90 Å². The van der Waals surface area contributed by atoms with Crippen LogP contribution >= 0.6 is 11.3 Å². The van der Waals surface area contributed by atoms with Gasteiger partial charge in [-0.05, 0) is 25.7 Å². The highest BCUT2D eigenvalue weighted by Gasteiger charge is 2.25. The highest BCUT2D eigenvalue weighted by molar-refractivity contribution is 7.17. The summed E-state index contributed by atoms with van der Waals surface area (Å²) < 4.78 is 0. The third kappa shape index (κ3) is 2.97. The zero-order chi connectivity index (χ0) is 13.0. The molecule has 0 aliphatic carbocycles. The molecule has 0 atom stereocenters. The Morgan fingerprint density at radius 3 is 2.83 bits per heavy atom. The van der Waals surface area contributed by atoms with Gasteiger partial charge in [-0.3, -0.25) is 4.79 Å². The Morgan fingerprint density at radius 2 is 2.22 bits per heavy atom. The molecule has 18 heavy (non-hydrogen) atoms. The highest BCUT2D eigenvalue weighted by Crippen LogP contribution is 2.21. The molecule has 0 spiro atoms. The number of anilines is 1. The molecular formula is C11H18N4O2S. The van der Waals surface area contributed by atoms with E-state index < -0.39 is 0 Å². The summed E-state index contributed by atoms with van der Waals surface area (Å²) in [5, 5.41) is 21.1. The number of rotatable bonds is 4. The van der Waals surface area contributed by atoms with E-state index >= 15 is 0 Å². The number of hydrogen-bond donors (Lipinski definition) is 2. The molecule has 1 fully saturated rings. The first kappa shape index (κ1) is 13.2. The molecule has 0 radical (unpaired) electrons. The van der Waals surface area contributed by atoms with Crippen LogP contribution in [0.3, 0.4) is 0 Å². The second-order valence-electron chi connectivity index (χ2n) is 4.36. The summed E-state index contributed by atoms with van der Waals surface area (Å²) in [6.07, 6.45) is 1.72. The quantitative estimate of drug-likeness (QED) is 0.846. The number of aliphatic hydroxyl groups excluding tert-OH is 1. The Balaban J connectivity index is 1.94. The predicted molar refractivity (Wildman–Crippen MR) is 69.8 cm³/mol. The molecule has 2 rings (SSSR count). The molecule has 1 aliphatic heterocycles. The molecule has 100 valence electrons. The Bertz CT molecular complexity index is 402. The zero-order valence-corrected chi connectivity index (χ0v) is 11.2. The number of nitrogens with zero attached hydrogens (tertiary/aromatic N) is 3. The zero-order valence-electron chi connectivity index (χ0n) is 10.4. The van der Waals surface area contributed by atoms with Crippen molar-refractivity contribution in [2.45, 2.75) is 19.8 Å². The summed E-state index contributed by atoms with van der Waals surface area (Å²) in [5.74, 6) is 0.286. The molecule has 6 nitrogen and oxygen atoms in total. The molecule has 1 aliphatic rings. The lowest BCUT2D eigenvalue weighted by molar-refractivity contribution is 0.0649. The van der Waals surface area contributed by atoms with E-state index in [1.165, 1.54) is 11.3 Å². The fourth-order valence-electron chi connectivity index (χ4n) is 1.99. The van der Waals surface area contributed by atoms with Crippen molar-refractivity contribution in [3.8, 4) is 0 Å². The maximum atomic E-state index is 12.2. The van der Waals surface area contributed by atoms with Crippen molar-refractivity contribution in [2.24, 2.45) is 5.92 Å². The Hall–Kier alpha value is -1.21. The van der Waals surface area contributed by atoms with Crippen molar-refractivity contribution >= 4 is 22.4 Å². The number of hydrogen-bond acceptors (Lipinski definition) is 6. The SMILES string of the molecule is CCNc1nnc(C(=O)N2CCC(CO)CC2)s1. The molecule has 0 aromatic carbocycles. The normalized spacial score (nSPS) is 16.9. The fraction of sp³-hybridized carbons (Fsp3) is 0.727. The Morgan fingerprint density at radius 1 is 1.50 bits per heavy atom. The van der Waals surface area contributed by atoms with Gasteiger partial charge in [-0.1, -0.05) is 11.3 Å². The highest BCUT2D eigenvalue weighted by atomic mass is 32.1. The van der Waals surface area contributed by atoms with Gasteiger partial charge in [0.2, 0.25) is 10.1 Å². The first-order chi connectivity index (χ1) is 8.74. The molecule has 0 unspecified atom stereocenters. The van der Waals surface area contributed by atoms with Crippen molar-refractivity contribution in [1.29, 1.82) is 0 Å². The van der Waals surface area contributed by atoms with E-state index in [1.807, 2.05) is 6.92 Å². The minimum Gasteiger partial charge on any atom is -0.396 e. The van der Waals surface area contributed by atoms with Gasteiger partial charge in [0.25, 0.3) is 5.91 Å². The first-order valence-electron chi connectivity index (χ1n) is 6.22. The number of aliphatic hydroxyl groups is 1. The predicted octanol–water partition coefficient (Wildman–Crippen LogP) is 0.814. The second kappa shape index (κ2) is 6.10. The molecule has 1 aromatic rings. The second-order valence-corrected chi connectivity index (χ2v) is 5.34. The van der Waals surface area contributed by atoms with E-state index in [-0.39, 0.29) is 12.5 Å². The van der Waals surface area contributed by atoms with Crippen LogP contribution in [0.1, 0.15) is 29.6 Å². The van der Waals surface area contributed by atoms with Crippen LogP contribution < -0.4 is 5.32 Å². The van der Waals surface area contributed by atoms with Gasteiger partial charge in [-0.15, -0.1) is 10.2 Å². The minimum absolute atomic E-state index is 0.0481. The van der Waals surface area contributed by atoms with E-state index in [9.17, 15) is 4.79 Å². The largest absolute Gasteiger partial charge is 0.396 e. The third-order valence-electron chi connectivity index (χ3n) is 3.10. The summed E-state index contributed by atoms with van der Waals surface area (Å²) >= 11 is 1.29. The molecule has 1 saturated heterocycles. The number of aromatic nitrogens is 2. The van der Waals surface area contributed by atoms with E-state index in [4.69, 9.17) is 5.11 Å². The lowest BCUT2D eigenvalue weighted by Crippen LogP contribution is -2.39. The number of likely N-dealkylation sites (tertiary alicyclic amines) is 1. The van der Waals surface area contributed by atoms with Crippen LogP contribution in [0, 0.1) is 5.92 Å². The van der Waals surface area contributed by atoms with E-state index in [1.54, 1.807) is 4.90 Å². The van der Waals surface area contributed by atoms with E-state index in [0.717, 1.165) is 19.4 Å². The number of amides is 1. The van der Waals surface area contributed by atoms with Crippen LogP contribution in [0.25, 0.3) is 0 Å². The van der Waals surface area contributed by atoms with Gasteiger partial charge in [0, 0.05) is 26.2 Å². The van der Waals surface area contributed by atoms with Gasteiger partial charge in [0.15, 0.2) is 0 Å². The maximum Gasteiger partial charge on any atom is 0.284 e. The average molecular weight is 270 g/mol. The molecular weight excluding hydrogens is 252 g/mol. The molecule has 2 heterocycles.